The predicted octanol–water partition coefficient (Wildman–Crippen LogP) is 5.23. The second-order valence-corrected chi connectivity index (χ2v) is 8.37. The van der Waals surface area contributed by atoms with Crippen molar-refractivity contribution in [3.63, 3.8) is 0 Å². The number of hydrogen-bond acceptors (Lipinski definition) is 6. The number of benzene rings is 3. The molecular weight excluding hydrogens is 454 g/mol. The number of nitrogens with zero attached hydrogens (tertiary/aromatic N) is 3. The van der Waals surface area contributed by atoms with Crippen LogP contribution in [0.5, 0.6) is 11.5 Å². The number of hydrogen-bond donors (Lipinski definition) is 2. The van der Waals surface area contributed by atoms with Gasteiger partial charge in [-0.15, -0.1) is 0 Å². The molecule has 0 aliphatic carbocycles. The Morgan fingerprint density at radius 3 is 2.41 bits per heavy atom. The van der Waals surface area contributed by atoms with Crippen molar-refractivity contribution >= 4 is 55.9 Å². The fourth-order valence-electron chi connectivity index (χ4n) is 3.41. The normalized spacial score (nSPS) is 15.8. The number of ether oxygens (including phenoxy) is 1. The van der Waals surface area contributed by atoms with Crippen molar-refractivity contribution in [3.8, 4) is 11.5 Å². The van der Waals surface area contributed by atoms with Crippen LogP contribution in [0.25, 0.3) is 10.8 Å². The van der Waals surface area contributed by atoms with Gasteiger partial charge in [0.05, 0.1) is 5.69 Å². The molecule has 0 aromatic heterocycles. The summed E-state index contributed by atoms with van der Waals surface area (Å²) in [7, 11) is 0. The summed E-state index contributed by atoms with van der Waals surface area (Å²) in [6, 6.07) is 17.2. The van der Waals surface area contributed by atoms with Crippen molar-refractivity contribution in [2.24, 2.45) is 21.5 Å². The molecule has 4 rings (SSSR count). The highest BCUT2D eigenvalue weighted by Gasteiger charge is 2.35. The quantitative estimate of drug-likeness (QED) is 0.546. The molecule has 148 valence electrons. The summed E-state index contributed by atoms with van der Waals surface area (Å²) in [6.45, 7) is 3.78. The van der Waals surface area contributed by atoms with Crippen molar-refractivity contribution in [2.45, 2.75) is 19.5 Å². The van der Waals surface area contributed by atoms with Gasteiger partial charge >= 0.3 is 0 Å². The maximum absolute atomic E-state index is 6.34. The molecule has 0 spiro atoms. The zero-order valence-corrected chi connectivity index (χ0v) is 18.2. The smallest absolute Gasteiger partial charge is 0.220 e. The minimum atomic E-state index is -0.763. The van der Waals surface area contributed by atoms with Gasteiger partial charge in [0, 0.05) is 14.9 Å². The van der Waals surface area contributed by atoms with E-state index in [-0.39, 0.29) is 11.9 Å². The molecule has 3 aromatic rings. The lowest BCUT2D eigenvalue weighted by atomic mass is 10.1. The van der Waals surface area contributed by atoms with Gasteiger partial charge in [0.25, 0.3) is 0 Å². The van der Waals surface area contributed by atoms with Crippen LogP contribution >= 0.6 is 27.5 Å². The molecule has 0 radical (unpaired) electrons. The lowest BCUT2D eigenvalue weighted by Crippen LogP contribution is -2.54. The van der Waals surface area contributed by atoms with Crippen LogP contribution in [0, 0.1) is 0 Å². The van der Waals surface area contributed by atoms with E-state index in [4.69, 9.17) is 27.8 Å². The van der Waals surface area contributed by atoms with Crippen LogP contribution in [0.2, 0.25) is 5.02 Å². The summed E-state index contributed by atoms with van der Waals surface area (Å²) in [6.07, 6.45) is 0. The zero-order chi connectivity index (χ0) is 20.8. The highest BCUT2D eigenvalue weighted by atomic mass is 79.9. The standard InChI is InChI=1S/C21H19BrClN5O/c1-21(2)27-19(24)26-20(25)28(21)16-11-12(23)7-9-18(16)29-17-10-8-15(22)13-5-3-4-6-14(13)17/h3-11H,1-2H3,(H4,24,25,26,27). The average Bonchev–Trinajstić information content (AvgIpc) is 2.64. The topological polar surface area (TPSA) is 89.2 Å². The molecule has 4 N–H and O–H groups in total. The summed E-state index contributed by atoms with van der Waals surface area (Å²) in [4.78, 5) is 10.3. The van der Waals surface area contributed by atoms with E-state index in [1.54, 1.807) is 23.1 Å². The molecule has 6 nitrogen and oxygen atoms in total. The maximum Gasteiger partial charge on any atom is 0.220 e. The van der Waals surface area contributed by atoms with Crippen LogP contribution in [0.4, 0.5) is 5.69 Å². The fourth-order valence-corrected chi connectivity index (χ4v) is 4.06. The van der Waals surface area contributed by atoms with Crippen LogP contribution in [-0.2, 0) is 0 Å². The lowest BCUT2D eigenvalue weighted by molar-refractivity contribution is 0.476. The third-order valence-electron chi connectivity index (χ3n) is 4.61. The molecule has 0 bridgehead atoms. The Morgan fingerprint density at radius 2 is 1.69 bits per heavy atom. The summed E-state index contributed by atoms with van der Waals surface area (Å²) >= 11 is 9.89. The summed E-state index contributed by atoms with van der Waals surface area (Å²) in [5.41, 5.74) is 11.9. The van der Waals surface area contributed by atoms with Crippen LogP contribution in [0.3, 0.4) is 0 Å². The van der Waals surface area contributed by atoms with E-state index < -0.39 is 5.66 Å². The minimum absolute atomic E-state index is 0.132. The third kappa shape index (κ3) is 3.63. The number of fused-ring (bicyclic) bond motifs is 1. The largest absolute Gasteiger partial charge is 0.455 e. The number of guanidine groups is 2. The Bertz CT molecular complexity index is 1170. The van der Waals surface area contributed by atoms with E-state index in [0.717, 1.165) is 15.2 Å². The Kier molecular flexibility index (Phi) is 4.88. The molecule has 1 heterocycles. The van der Waals surface area contributed by atoms with Gasteiger partial charge in [-0.25, -0.2) is 4.99 Å². The first-order valence-corrected chi connectivity index (χ1v) is 10.1. The molecule has 3 aromatic carbocycles. The van der Waals surface area contributed by atoms with Crippen molar-refractivity contribution in [1.82, 2.24) is 0 Å². The highest BCUT2D eigenvalue weighted by Crippen LogP contribution is 2.41. The maximum atomic E-state index is 6.34. The fraction of sp³-hybridized carbons (Fsp3) is 0.143. The first-order chi connectivity index (χ1) is 13.8. The molecule has 1 aliphatic heterocycles. The molecule has 29 heavy (non-hydrogen) atoms. The molecule has 1 aliphatic rings. The third-order valence-corrected chi connectivity index (χ3v) is 5.53. The zero-order valence-electron chi connectivity index (χ0n) is 15.9. The van der Waals surface area contributed by atoms with Gasteiger partial charge in [-0.3, -0.25) is 4.90 Å². The van der Waals surface area contributed by atoms with Gasteiger partial charge in [0.15, 0.2) is 5.75 Å². The minimum Gasteiger partial charge on any atom is -0.455 e. The number of nitrogens with two attached hydrogens (primary N) is 2. The van der Waals surface area contributed by atoms with Gasteiger partial charge in [-0.2, -0.15) is 4.99 Å². The van der Waals surface area contributed by atoms with Crippen molar-refractivity contribution in [2.75, 3.05) is 4.90 Å². The first-order valence-electron chi connectivity index (χ1n) is 8.90. The highest BCUT2D eigenvalue weighted by molar-refractivity contribution is 9.10. The molecule has 0 amide bonds. The van der Waals surface area contributed by atoms with Gasteiger partial charge in [-0.05, 0) is 49.6 Å². The van der Waals surface area contributed by atoms with E-state index in [1.807, 2.05) is 50.2 Å². The van der Waals surface area contributed by atoms with Gasteiger partial charge in [0.1, 0.15) is 11.4 Å². The molecule has 8 heteroatoms. The number of rotatable bonds is 3. The molecule has 0 saturated carbocycles. The number of halogens is 2. The monoisotopic (exact) mass is 471 g/mol. The Morgan fingerprint density at radius 1 is 1.00 bits per heavy atom. The van der Waals surface area contributed by atoms with Crippen molar-refractivity contribution < 1.29 is 4.74 Å². The van der Waals surface area contributed by atoms with Crippen LogP contribution in [0.15, 0.2) is 69.1 Å². The molecule has 0 fully saturated rings. The summed E-state index contributed by atoms with van der Waals surface area (Å²) in [5.74, 6) is 1.63. The summed E-state index contributed by atoms with van der Waals surface area (Å²) < 4.78 is 7.34. The second-order valence-electron chi connectivity index (χ2n) is 7.08. The van der Waals surface area contributed by atoms with E-state index in [9.17, 15) is 0 Å². The Hall–Kier alpha value is -2.77. The van der Waals surface area contributed by atoms with Crippen LogP contribution in [0.1, 0.15) is 13.8 Å². The average molecular weight is 473 g/mol. The first kappa shape index (κ1) is 19.5. The van der Waals surface area contributed by atoms with E-state index in [2.05, 4.69) is 25.9 Å². The second kappa shape index (κ2) is 7.24. The van der Waals surface area contributed by atoms with Crippen molar-refractivity contribution in [1.29, 1.82) is 0 Å². The Balaban J connectivity index is 1.84. The van der Waals surface area contributed by atoms with Gasteiger partial charge in [-0.1, -0.05) is 51.8 Å². The van der Waals surface area contributed by atoms with Gasteiger partial charge < -0.3 is 16.2 Å². The molecule has 0 saturated heterocycles. The number of anilines is 1. The van der Waals surface area contributed by atoms with E-state index >= 15 is 0 Å². The molecule has 0 unspecified atom stereocenters. The Labute approximate surface area is 182 Å². The SMILES string of the molecule is CC1(C)N=C(N)N=C(N)N1c1cc(Cl)ccc1Oc1ccc(Br)c2ccccc12. The van der Waals surface area contributed by atoms with Crippen molar-refractivity contribution in [3.05, 3.63) is 64.1 Å². The molecule has 0 atom stereocenters. The van der Waals surface area contributed by atoms with E-state index in [0.29, 0.717) is 22.2 Å². The predicted molar refractivity (Wildman–Crippen MR) is 123 cm³/mol. The number of aliphatic imine (C=N–C) groups is 2. The molecular formula is C21H19BrClN5O. The van der Waals surface area contributed by atoms with Gasteiger partial charge in [0.2, 0.25) is 11.9 Å². The lowest BCUT2D eigenvalue weighted by Gasteiger charge is -2.39. The van der Waals surface area contributed by atoms with Crippen LogP contribution in [-0.4, -0.2) is 17.6 Å². The van der Waals surface area contributed by atoms with Crippen LogP contribution < -0.4 is 21.1 Å². The summed E-state index contributed by atoms with van der Waals surface area (Å²) in [5, 5.41) is 2.57. The van der Waals surface area contributed by atoms with E-state index in [1.165, 1.54) is 0 Å².